The van der Waals surface area contributed by atoms with E-state index in [0.717, 1.165) is 0 Å². The second kappa shape index (κ2) is 5.62. The summed E-state index contributed by atoms with van der Waals surface area (Å²) in [7, 11) is 0. The summed E-state index contributed by atoms with van der Waals surface area (Å²) in [5, 5.41) is 12.8. The molecule has 0 amide bonds. The van der Waals surface area contributed by atoms with Gasteiger partial charge in [-0.1, -0.05) is 18.2 Å². The molecule has 0 aliphatic rings. The van der Waals surface area contributed by atoms with Crippen LogP contribution in [0.4, 0.5) is 5.69 Å². The van der Waals surface area contributed by atoms with Gasteiger partial charge >= 0.3 is 5.69 Å². The van der Waals surface area contributed by atoms with Crippen LogP contribution >= 0.6 is 11.3 Å². The molecular formula is C13H11NO4S. The maximum atomic E-state index is 11.8. The van der Waals surface area contributed by atoms with Gasteiger partial charge in [-0.2, -0.15) is 0 Å². The number of para-hydroxylation sites is 1. The van der Waals surface area contributed by atoms with Crippen LogP contribution in [0.5, 0.6) is 5.75 Å². The maximum Gasteiger partial charge on any atom is 0.313 e. The fourth-order valence-electron chi connectivity index (χ4n) is 1.63. The van der Waals surface area contributed by atoms with E-state index in [1.54, 1.807) is 36.6 Å². The number of carbonyl (C=O) groups excluding carboxylic acids is 1. The Morgan fingerprint density at radius 3 is 2.79 bits per heavy atom. The van der Waals surface area contributed by atoms with Crippen LogP contribution in [0.15, 0.2) is 35.7 Å². The van der Waals surface area contributed by atoms with Gasteiger partial charge in [-0.05, 0) is 24.4 Å². The van der Waals surface area contributed by atoms with Crippen molar-refractivity contribution in [1.29, 1.82) is 0 Å². The van der Waals surface area contributed by atoms with Crippen molar-refractivity contribution in [3.05, 3.63) is 56.3 Å². The van der Waals surface area contributed by atoms with Gasteiger partial charge in [0.2, 0.25) is 5.78 Å². The highest BCUT2D eigenvalue weighted by Gasteiger charge is 2.19. The molecule has 0 aliphatic heterocycles. The minimum atomic E-state index is -0.500. The van der Waals surface area contributed by atoms with Crippen LogP contribution < -0.4 is 4.74 Å². The molecule has 1 heterocycles. The molecule has 0 radical (unpaired) electrons. The van der Waals surface area contributed by atoms with E-state index in [0.29, 0.717) is 10.4 Å². The number of hydrogen-bond acceptors (Lipinski definition) is 5. The van der Waals surface area contributed by atoms with E-state index in [9.17, 15) is 14.9 Å². The number of nitro benzene ring substituents is 1. The Morgan fingerprint density at radius 1 is 1.37 bits per heavy atom. The lowest BCUT2D eigenvalue weighted by molar-refractivity contribution is -0.386. The number of carbonyl (C=O) groups is 1. The molecule has 0 bridgehead atoms. The van der Waals surface area contributed by atoms with Crippen LogP contribution in [-0.2, 0) is 0 Å². The van der Waals surface area contributed by atoms with Gasteiger partial charge in [0, 0.05) is 5.56 Å². The molecule has 19 heavy (non-hydrogen) atoms. The van der Waals surface area contributed by atoms with Gasteiger partial charge < -0.3 is 4.74 Å². The van der Waals surface area contributed by atoms with Gasteiger partial charge in [-0.15, -0.1) is 11.3 Å². The highest BCUT2D eigenvalue weighted by Crippen LogP contribution is 2.30. The summed E-state index contributed by atoms with van der Waals surface area (Å²) in [4.78, 5) is 22.8. The zero-order valence-electron chi connectivity index (χ0n) is 10.2. The predicted molar refractivity (Wildman–Crippen MR) is 72.0 cm³/mol. The third-order valence-electron chi connectivity index (χ3n) is 2.54. The fourth-order valence-corrected chi connectivity index (χ4v) is 2.29. The molecule has 5 nitrogen and oxygen atoms in total. The number of nitro groups is 1. The van der Waals surface area contributed by atoms with Gasteiger partial charge in [0.1, 0.15) is 0 Å². The van der Waals surface area contributed by atoms with E-state index in [1.807, 2.05) is 0 Å². The number of benzene rings is 1. The summed E-state index contributed by atoms with van der Waals surface area (Å²) >= 11 is 1.32. The number of ketones is 1. The number of thiophene rings is 1. The Morgan fingerprint density at radius 2 is 2.16 bits per heavy atom. The van der Waals surface area contributed by atoms with Crippen LogP contribution in [0, 0.1) is 17.0 Å². The van der Waals surface area contributed by atoms with Crippen LogP contribution in [-0.4, -0.2) is 17.3 Å². The van der Waals surface area contributed by atoms with Crippen molar-refractivity contribution >= 4 is 22.8 Å². The molecule has 0 aliphatic carbocycles. The molecule has 0 N–H and O–H groups in total. The van der Waals surface area contributed by atoms with Gasteiger partial charge in [-0.3, -0.25) is 14.9 Å². The Balaban J connectivity index is 2.14. The molecule has 2 rings (SSSR count). The zero-order chi connectivity index (χ0) is 13.8. The summed E-state index contributed by atoms with van der Waals surface area (Å²) in [6.07, 6.45) is 0. The van der Waals surface area contributed by atoms with E-state index in [2.05, 4.69) is 0 Å². The number of nitrogens with zero attached hydrogens (tertiary/aromatic N) is 1. The smallest absolute Gasteiger partial charge is 0.313 e. The van der Waals surface area contributed by atoms with E-state index in [4.69, 9.17) is 4.74 Å². The summed E-state index contributed by atoms with van der Waals surface area (Å²) in [6, 6.07) is 8.25. The largest absolute Gasteiger partial charge is 0.478 e. The number of rotatable bonds is 5. The number of ether oxygens (including phenoxy) is 1. The Kier molecular flexibility index (Phi) is 3.91. The second-order valence-electron chi connectivity index (χ2n) is 3.87. The molecule has 0 spiro atoms. The van der Waals surface area contributed by atoms with Crippen molar-refractivity contribution < 1.29 is 14.5 Å². The predicted octanol–water partition coefficient (Wildman–Crippen LogP) is 3.23. The van der Waals surface area contributed by atoms with Crippen LogP contribution in [0.2, 0.25) is 0 Å². The molecule has 1 aromatic heterocycles. The standard InChI is InChI=1S/C13H11NO4S/c1-9-4-2-5-11(13(9)14(16)17)18-8-10(15)12-6-3-7-19-12/h2-7H,8H2,1H3. The van der Waals surface area contributed by atoms with Crippen molar-refractivity contribution in [1.82, 2.24) is 0 Å². The number of hydrogen-bond donors (Lipinski definition) is 0. The van der Waals surface area contributed by atoms with E-state index < -0.39 is 4.92 Å². The highest BCUT2D eigenvalue weighted by atomic mass is 32.1. The minimum Gasteiger partial charge on any atom is -0.478 e. The third kappa shape index (κ3) is 2.97. The quantitative estimate of drug-likeness (QED) is 0.478. The van der Waals surface area contributed by atoms with Crippen molar-refractivity contribution in [3.8, 4) is 5.75 Å². The van der Waals surface area contributed by atoms with Gasteiger partial charge in [0.15, 0.2) is 12.4 Å². The van der Waals surface area contributed by atoms with Crippen LogP contribution in [0.25, 0.3) is 0 Å². The van der Waals surface area contributed by atoms with Gasteiger partial charge in [-0.25, -0.2) is 0 Å². The van der Waals surface area contributed by atoms with Crippen molar-refractivity contribution in [2.45, 2.75) is 6.92 Å². The molecule has 0 saturated carbocycles. The van der Waals surface area contributed by atoms with E-state index in [1.165, 1.54) is 17.4 Å². The first-order valence-corrected chi connectivity index (χ1v) is 6.41. The van der Waals surface area contributed by atoms with Gasteiger partial charge in [0.25, 0.3) is 0 Å². The first-order valence-electron chi connectivity index (χ1n) is 5.53. The summed E-state index contributed by atoms with van der Waals surface area (Å²) in [5.41, 5.74) is 0.410. The molecule has 0 unspecified atom stereocenters. The Hall–Kier alpha value is -2.21. The molecule has 0 saturated heterocycles. The van der Waals surface area contributed by atoms with Crippen LogP contribution in [0.1, 0.15) is 15.2 Å². The zero-order valence-corrected chi connectivity index (χ0v) is 11.0. The molecule has 6 heteroatoms. The molecule has 0 fully saturated rings. The number of Topliss-reactive ketones (excluding diaryl/α,β-unsaturated/α-hetero) is 1. The SMILES string of the molecule is Cc1cccc(OCC(=O)c2cccs2)c1[N+](=O)[O-]. The lowest BCUT2D eigenvalue weighted by Gasteiger charge is -2.06. The van der Waals surface area contributed by atoms with Crippen molar-refractivity contribution in [2.24, 2.45) is 0 Å². The second-order valence-corrected chi connectivity index (χ2v) is 4.82. The Labute approximate surface area is 113 Å². The lowest BCUT2D eigenvalue weighted by atomic mass is 10.2. The topological polar surface area (TPSA) is 69.4 Å². The molecule has 1 aromatic carbocycles. The monoisotopic (exact) mass is 277 g/mol. The van der Waals surface area contributed by atoms with Gasteiger partial charge in [0.05, 0.1) is 9.80 Å². The first-order chi connectivity index (χ1) is 9.09. The summed E-state index contributed by atoms with van der Waals surface area (Å²) in [6.45, 7) is 1.43. The molecule has 0 atom stereocenters. The summed E-state index contributed by atoms with van der Waals surface area (Å²) in [5.74, 6) is -0.0688. The minimum absolute atomic E-state index is 0.0959. The third-order valence-corrected chi connectivity index (χ3v) is 3.45. The number of aryl methyl sites for hydroxylation is 1. The first kappa shape index (κ1) is 13.2. The van der Waals surface area contributed by atoms with E-state index >= 15 is 0 Å². The maximum absolute atomic E-state index is 11.8. The van der Waals surface area contributed by atoms with Crippen molar-refractivity contribution in [3.63, 3.8) is 0 Å². The molecule has 2 aromatic rings. The molecular weight excluding hydrogens is 266 g/mol. The normalized spacial score (nSPS) is 10.2. The Bertz CT molecular complexity index is 607. The average Bonchev–Trinajstić information content (AvgIpc) is 2.89. The molecule has 98 valence electrons. The van der Waals surface area contributed by atoms with Crippen LogP contribution in [0.3, 0.4) is 0 Å². The summed E-state index contributed by atoms with van der Waals surface area (Å²) < 4.78 is 5.28. The lowest BCUT2D eigenvalue weighted by Crippen LogP contribution is -2.11. The fraction of sp³-hybridized carbons (Fsp3) is 0.154. The average molecular weight is 277 g/mol. The van der Waals surface area contributed by atoms with E-state index in [-0.39, 0.29) is 23.8 Å². The highest BCUT2D eigenvalue weighted by molar-refractivity contribution is 7.12. The van der Waals surface area contributed by atoms with Crippen molar-refractivity contribution in [2.75, 3.05) is 6.61 Å².